The fourth-order valence-corrected chi connectivity index (χ4v) is 3.85. The first kappa shape index (κ1) is 16.4. The van der Waals surface area contributed by atoms with Crippen LogP contribution in [0.1, 0.15) is 32.1 Å². The number of rotatable bonds is 4. The number of methoxy groups -OCH3 is 1. The van der Waals surface area contributed by atoms with Crippen LogP contribution in [-0.2, 0) is 0 Å². The number of benzene rings is 1. The Morgan fingerprint density at radius 2 is 2.09 bits per heavy atom. The Labute approximate surface area is 141 Å². The smallest absolute Gasteiger partial charge is 0.272 e. The van der Waals surface area contributed by atoms with Crippen molar-refractivity contribution in [2.75, 3.05) is 13.7 Å². The Kier molecular flexibility index (Phi) is 4.97. The van der Waals surface area contributed by atoms with E-state index in [-0.39, 0.29) is 10.2 Å². The van der Waals surface area contributed by atoms with Crippen LogP contribution in [0.3, 0.4) is 0 Å². The summed E-state index contributed by atoms with van der Waals surface area (Å²) >= 11 is 6.55. The molecule has 0 bridgehead atoms. The summed E-state index contributed by atoms with van der Waals surface area (Å²) in [6.45, 7) is 0.792. The van der Waals surface area contributed by atoms with Gasteiger partial charge in [-0.1, -0.05) is 19.3 Å². The third kappa shape index (κ3) is 3.26. The van der Waals surface area contributed by atoms with Crippen molar-refractivity contribution < 1.29 is 9.13 Å². The molecule has 0 amide bonds. The standard InChI is InChI=1S/C17H22ClFN3O/c1-23-16-8-7-14(9-15(16)19)22(12-20-11-21-17(22)18)10-13-5-3-2-4-6-13/h7-9,11-13,17H,2-6,10H2,1H3/q+1. The summed E-state index contributed by atoms with van der Waals surface area (Å²) in [5.74, 6) is 0.390. The lowest BCUT2D eigenvalue weighted by atomic mass is 9.88. The summed E-state index contributed by atoms with van der Waals surface area (Å²) in [6.07, 6.45) is 9.41. The average molecular weight is 339 g/mol. The number of nitrogens with zero attached hydrogens (tertiary/aromatic N) is 3. The van der Waals surface area contributed by atoms with Gasteiger partial charge < -0.3 is 4.74 Å². The van der Waals surface area contributed by atoms with Crippen molar-refractivity contribution in [1.82, 2.24) is 4.48 Å². The van der Waals surface area contributed by atoms with Gasteiger partial charge in [-0.3, -0.25) is 0 Å². The molecular formula is C17H22ClFN3O+. The van der Waals surface area contributed by atoms with Crippen LogP contribution in [0.15, 0.2) is 28.2 Å². The third-order valence-electron chi connectivity index (χ3n) is 4.81. The van der Waals surface area contributed by atoms with Gasteiger partial charge in [-0.15, -0.1) is 0 Å². The summed E-state index contributed by atoms with van der Waals surface area (Å²) in [4.78, 5) is 8.47. The maximum absolute atomic E-state index is 14.2. The summed E-state index contributed by atoms with van der Waals surface area (Å²) in [5, 5.41) is 0. The second-order valence-corrected chi connectivity index (χ2v) is 6.67. The topological polar surface area (TPSA) is 34.0 Å². The van der Waals surface area contributed by atoms with Gasteiger partial charge in [-0.05, 0) is 30.5 Å². The molecule has 1 saturated carbocycles. The van der Waals surface area contributed by atoms with E-state index in [1.807, 2.05) is 6.07 Å². The first-order chi connectivity index (χ1) is 11.2. The van der Waals surface area contributed by atoms with Crippen molar-refractivity contribution in [2.24, 2.45) is 15.9 Å². The number of aliphatic imine (C=N–C) groups is 2. The molecule has 124 valence electrons. The van der Waals surface area contributed by atoms with Crippen molar-refractivity contribution in [1.29, 1.82) is 0 Å². The van der Waals surface area contributed by atoms with Crippen molar-refractivity contribution >= 4 is 30.0 Å². The van der Waals surface area contributed by atoms with Crippen LogP contribution in [0.2, 0.25) is 0 Å². The zero-order valence-corrected chi connectivity index (χ0v) is 14.0. The highest BCUT2D eigenvalue weighted by Gasteiger charge is 2.41. The molecule has 4 nitrogen and oxygen atoms in total. The Morgan fingerprint density at radius 3 is 2.74 bits per heavy atom. The highest BCUT2D eigenvalue weighted by molar-refractivity contribution is 6.23. The fourth-order valence-electron chi connectivity index (χ4n) is 3.56. The molecule has 2 unspecified atom stereocenters. The van der Waals surface area contributed by atoms with Gasteiger partial charge in [0.15, 0.2) is 17.9 Å². The zero-order chi connectivity index (χ0) is 16.3. The summed E-state index contributed by atoms with van der Waals surface area (Å²) in [5.41, 5.74) is 0.233. The van der Waals surface area contributed by atoms with Gasteiger partial charge in [0.1, 0.15) is 12.0 Å². The van der Waals surface area contributed by atoms with Crippen LogP contribution < -0.4 is 9.22 Å². The van der Waals surface area contributed by atoms with Crippen LogP contribution in [0.25, 0.3) is 0 Å². The average Bonchev–Trinajstić information content (AvgIpc) is 2.58. The molecule has 1 aliphatic heterocycles. The Hall–Kier alpha value is -1.46. The lowest BCUT2D eigenvalue weighted by molar-refractivity contribution is 0.266. The van der Waals surface area contributed by atoms with Gasteiger partial charge in [-0.25, -0.2) is 8.87 Å². The minimum absolute atomic E-state index is 0.230. The quantitative estimate of drug-likeness (QED) is 0.457. The van der Waals surface area contributed by atoms with Crippen molar-refractivity contribution in [3.63, 3.8) is 0 Å². The molecular weight excluding hydrogens is 317 g/mol. The van der Waals surface area contributed by atoms with Gasteiger partial charge in [-0.2, -0.15) is 9.98 Å². The van der Waals surface area contributed by atoms with Gasteiger partial charge in [0.05, 0.1) is 13.7 Å². The maximum Gasteiger partial charge on any atom is 0.272 e. The van der Waals surface area contributed by atoms with E-state index in [1.165, 1.54) is 51.6 Å². The molecule has 23 heavy (non-hydrogen) atoms. The summed E-state index contributed by atoms with van der Waals surface area (Å²) in [7, 11) is 1.46. The molecule has 0 aromatic heterocycles. The Bertz CT molecular complexity index is 616. The predicted molar refractivity (Wildman–Crippen MR) is 92.8 cm³/mol. The minimum Gasteiger partial charge on any atom is -0.494 e. The highest BCUT2D eigenvalue weighted by atomic mass is 35.5. The van der Waals surface area contributed by atoms with Crippen molar-refractivity contribution in [3.8, 4) is 5.75 Å². The van der Waals surface area contributed by atoms with E-state index in [2.05, 4.69) is 9.98 Å². The van der Waals surface area contributed by atoms with E-state index < -0.39 is 11.4 Å². The SMILES string of the molecule is COc1ccc([N+]2(CC3CCCCC3)C=NC=NC2Cl)cc1F. The van der Waals surface area contributed by atoms with E-state index in [9.17, 15) is 4.39 Å². The van der Waals surface area contributed by atoms with Crippen LogP contribution in [0.5, 0.6) is 5.75 Å². The first-order valence-corrected chi connectivity index (χ1v) is 8.51. The second-order valence-electron chi connectivity index (χ2n) is 6.28. The van der Waals surface area contributed by atoms with Gasteiger partial charge in [0.25, 0.3) is 5.62 Å². The number of alkyl halides is 1. The normalized spacial score (nSPS) is 28.0. The largest absolute Gasteiger partial charge is 0.494 e. The molecule has 2 aliphatic rings. The van der Waals surface area contributed by atoms with Crippen LogP contribution >= 0.6 is 11.6 Å². The number of ether oxygens (including phenoxy) is 1. The molecule has 1 aliphatic carbocycles. The Morgan fingerprint density at radius 1 is 1.30 bits per heavy atom. The lowest BCUT2D eigenvalue weighted by Crippen LogP contribution is -2.56. The molecule has 6 heteroatoms. The predicted octanol–water partition coefficient (Wildman–Crippen LogP) is 4.31. The van der Waals surface area contributed by atoms with Crippen LogP contribution in [-0.4, -0.2) is 32.0 Å². The van der Waals surface area contributed by atoms with E-state index in [0.29, 0.717) is 5.92 Å². The Balaban J connectivity index is 1.96. The maximum atomic E-state index is 14.2. The molecule has 0 spiro atoms. The molecule has 1 heterocycles. The molecule has 0 N–H and O–H groups in total. The van der Waals surface area contributed by atoms with Crippen LogP contribution in [0, 0.1) is 11.7 Å². The number of hydrogen-bond donors (Lipinski definition) is 0. The zero-order valence-electron chi connectivity index (χ0n) is 13.3. The van der Waals surface area contributed by atoms with Gasteiger partial charge >= 0.3 is 0 Å². The summed E-state index contributed by atoms with van der Waals surface area (Å²) in [6, 6.07) is 4.98. The fraction of sp³-hybridized carbons (Fsp3) is 0.529. The molecule has 0 saturated heterocycles. The highest BCUT2D eigenvalue weighted by Crippen LogP contribution is 2.36. The molecule has 1 fully saturated rings. The molecule has 2 atom stereocenters. The van der Waals surface area contributed by atoms with E-state index in [0.717, 1.165) is 12.2 Å². The van der Waals surface area contributed by atoms with E-state index in [1.54, 1.807) is 12.4 Å². The third-order valence-corrected chi connectivity index (χ3v) is 5.27. The van der Waals surface area contributed by atoms with Crippen LogP contribution in [0.4, 0.5) is 10.1 Å². The van der Waals surface area contributed by atoms with Gasteiger partial charge in [0, 0.05) is 18.1 Å². The summed E-state index contributed by atoms with van der Waals surface area (Å²) < 4.78 is 19.5. The lowest BCUT2D eigenvalue weighted by Gasteiger charge is -2.39. The number of quaternary nitrogens is 1. The van der Waals surface area contributed by atoms with Crippen molar-refractivity contribution in [3.05, 3.63) is 24.0 Å². The molecule has 0 radical (unpaired) electrons. The molecule has 1 aromatic rings. The first-order valence-electron chi connectivity index (χ1n) is 8.07. The minimum atomic E-state index is -0.526. The van der Waals surface area contributed by atoms with Gasteiger partial charge in [0.2, 0.25) is 0 Å². The monoisotopic (exact) mass is 338 g/mol. The number of halogens is 2. The molecule has 1 aromatic carbocycles. The van der Waals surface area contributed by atoms with E-state index >= 15 is 0 Å². The van der Waals surface area contributed by atoms with Crippen molar-refractivity contribution in [2.45, 2.75) is 37.7 Å². The molecule has 3 rings (SSSR count). The number of hydrogen-bond acceptors (Lipinski definition) is 3. The second kappa shape index (κ2) is 6.97. The van der Waals surface area contributed by atoms with E-state index in [4.69, 9.17) is 16.3 Å².